The fraction of sp³-hybridized carbons (Fsp3) is 0.231. The molecule has 2 atom stereocenters. The summed E-state index contributed by atoms with van der Waals surface area (Å²) in [5.41, 5.74) is 3.48. The number of ketones is 1. The summed E-state index contributed by atoms with van der Waals surface area (Å²) in [4.78, 5) is 24.8. The van der Waals surface area contributed by atoms with E-state index >= 15 is 0 Å². The topological polar surface area (TPSA) is 63.6 Å². The van der Waals surface area contributed by atoms with Crippen molar-refractivity contribution in [1.29, 1.82) is 0 Å². The highest BCUT2D eigenvalue weighted by molar-refractivity contribution is 6.01. The highest BCUT2D eigenvalue weighted by Gasteiger charge is 2.27. The van der Waals surface area contributed by atoms with Crippen LogP contribution in [0.2, 0.25) is 0 Å². The summed E-state index contributed by atoms with van der Waals surface area (Å²) >= 11 is 0. The van der Waals surface area contributed by atoms with Gasteiger partial charge in [0.2, 0.25) is 0 Å². The van der Waals surface area contributed by atoms with Crippen LogP contribution < -0.4 is 4.74 Å². The van der Waals surface area contributed by atoms with Crippen LogP contribution in [-0.2, 0) is 11.4 Å². The predicted molar refractivity (Wildman–Crippen MR) is 117 cm³/mol. The maximum absolute atomic E-state index is 13.4. The largest absolute Gasteiger partial charge is 0.489 e. The maximum atomic E-state index is 13.4. The van der Waals surface area contributed by atoms with Crippen LogP contribution in [0.5, 0.6) is 5.75 Å². The summed E-state index contributed by atoms with van der Waals surface area (Å²) in [6.07, 6.45) is 0.242. The predicted octanol–water partition coefficient (Wildman–Crippen LogP) is 5.65. The molecule has 0 fully saturated rings. The van der Waals surface area contributed by atoms with Crippen molar-refractivity contribution in [2.75, 3.05) is 0 Å². The Balaban J connectivity index is 1.82. The minimum atomic E-state index is -0.903. The van der Waals surface area contributed by atoms with E-state index < -0.39 is 17.8 Å². The minimum Gasteiger partial charge on any atom is -0.489 e. The zero-order chi connectivity index (χ0) is 21.5. The number of benzene rings is 3. The van der Waals surface area contributed by atoms with E-state index in [1.807, 2.05) is 67.6 Å². The average Bonchev–Trinajstić information content (AvgIpc) is 2.77. The van der Waals surface area contributed by atoms with Gasteiger partial charge >= 0.3 is 5.97 Å². The minimum absolute atomic E-state index is 0.0999. The Morgan fingerprint density at radius 3 is 2.30 bits per heavy atom. The van der Waals surface area contributed by atoms with E-state index in [1.54, 1.807) is 25.1 Å². The van der Waals surface area contributed by atoms with E-state index in [0.29, 0.717) is 17.9 Å². The van der Waals surface area contributed by atoms with E-state index in [-0.39, 0.29) is 12.2 Å². The summed E-state index contributed by atoms with van der Waals surface area (Å²) in [5.74, 6) is -1.55. The number of carboxylic acid groups (broad SMARTS) is 1. The van der Waals surface area contributed by atoms with Crippen LogP contribution >= 0.6 is 0 Å². The van der Waals surface area contributed by atoms with Crippen molar-refractivity contribution in [2.24, 2.45) is 5.92 Å². The second kappa shape index (κ2) is 9.88. The van der Waals surface area contributed by atoms with Gasteiger partial charge in [0.1, 0.15) is 12.4 Å². The molecule has 3 rings (SSSR count). The fourth-order valence-electron chi connectivity index (χ4n) is 3.33. The molecular weight excluding hydrogens is 376 g/mol. The molecular formula is C26H26O4. The fourth-order valence-corrected chi connectivity index (χ4v) is 3.33. The van der Waals surface area contributed by atoms with Gasteiger partial charge in [-0.05, 0) is 36.6 Å². The first kappa shape index (κ1) is 21.3. The molecule has 3 aromatic carbocycles. The van der Waals surface area contributed by atoms with Gasteiger partial charge in [0, 0.05) is 11.5 Å². The van der Waals surface area contributed by atoms with Gasteiger partial charge < -0.3 is 9.84 Å². The number of carbonyl (C=O) groups excluding carboxylic acids is 1. The molecule has 0 bridgehead atoms. The highest BCUT2D eigenvalue weighted by atomic mass is 16.5. The molecule has 0 radical (unpaired) electrons. The lowest BCUT2D eigenvalue weighted by molar-refractivity contribution is -0.141. The molecule has 1 N–H and O–H groups in total. The lowest BCUT2D eigenvalue weighted by atomic mass is 9.83. The molecule has 0 heterocycles. The zero-order valence-electron chi connectivity index (χ0n) is 17.2. The Morgan fingerprint density at radius 1 is 0.933 bits per heavy atom. The van der Waals surface area contributed by atoms with Gasteiger partial charge in [-0.1, -0.05) is 79.2 Å². The van der Waals surface area contributed by atoms with Crippen LogP contribution in [0.3, 0.4) is 0 Å². The van der Waals surface area contributed by atoms with Crippen LogP contribution in [0.4, 0.5) is 0 Å². The van der Waals surface area contributed by atoms with Crippen molar-refractivity contribution < 1.29 is 19.4 Å². The van der Waals surface area contributed by atoms with Crippen molar-refractivity contribution >= 4 is 11.8 Å². The van der Waals surface area contributed by atoms with Gasteiger partial charge in [0.05, 0.1) is 5.92 Å². The number of ether oxygens (including phenoxy) is 1. The Hall–Kier alpha value is -3.40. The smallest absolute Gasteiger partial charge is 0.306 e. The van der Waals surface area contributed by atoms with Gasteiger partial charge in [-0.25, -0.2) is 0 Å². The number of aliphatic carboxylic acids is 1. The van der Waals surface area contributed by atoms with Crippen molar-refractivity contribution in [1.82, 2.24) is 0 Å². The third kappa shape index (κ3) is 5.57. The van der Waals surface area contributed by atoms with Gasteiger partial charge in [-0.2, -0.15) is 0 Å². The van der Waals surface area contributed by atoms with Crippen molar-refractivity contribution in [3.05, 3.63) is 101 Å². The Labute approximate surface area is 177 Å². The normalized spacial score (nSPS) is 12.7. The van der Waals surface area contributed by atoms with Gasteiger partial charge in [0.15, 0.2) is 5.78 Å². The molecule has 0 spiro atoms. The van der Waals surface area contributed by atoms with Gasteiger partial charge in [-0.3, -0.25) is 9.59 Å². The number of rotatable bonds is 9. The second-order valence-corrected chi connectivity index (χ2v) is 7.60. The molecule has 154 valence electrons. The monoisotopic (exact) mass is 402 g/mol. The summed E-state index contributed by atoms with van der Waals surface area (Å²) in [5, 5.41) is 9.37. The molecule has 0 aromatic heterocycles. The van der Waals surface area contributed by atoms with Crippen LogP contribution in [0.15, 0.2) is 78.9 Å². The van der Waals surface area contributed by atoms with Gasteiger partial charge in [0.25, 0.3) is 0 Å². The molecule has 4 heteroatoms. The van der Waals surface area contributed by atoms with Gasteiger partial charge in [-0.15, -0.1) is 0 Å². The molecule has 3 aromatic rings. The summed E-state index contributed by atoms with van der Waals surface area (Å²) in [7, 11) is 0. The first-order chi connectivity index (χ1) is 14.4. The lowest BCUT2D eigenvalue weighted by Gasteiger charge is -2.19. The van der Waals surface area contributed by atoms with E-state index in [2.05, 4.69) is 0 Å². The van der Waals surface area contributed by atoms with Crippen molar-refractivity contribution in [2.45, 2.75) is 32.8 Å². The molecule has 0 aliphatic rings. The molecule has 2 unspecified atom stereocenters. The lowest BCUT2D eigenvalue weighted by Crippen LogP contribution is -2.20. The zero-order valence-corrected chi connectivity index (χ0v) is 17.2. The molecule has 30 heavy (non-hydrogen) atoms. The molecule has 0 saturated carbocycles. The standard InChI is InChI=1S/C26H26O4/c1-18-11-13-21(14-12-18)24(15-19(2)26(28)29)25(27)22-9-6-10-23(16-22)30-17-20-7-4-3-5-8-20/h3-14,16,19,24H,15,17H2,1-2H3,(H,28,29). The van der Waals surface area contributed by atoms with Crippen molar-refractivity contribution in [3.8, 4) is 5.75 Å². The number of hydrogen-bond acceptors (Lipinski definition) is 3. The molecule has 0 aliphatic heterocycles. The number of aryl methyl sites for hydroxylation is 1. The highest BCUT2D eigenvalue weighted by Crippen LogP contribution is 2.29. The molecule has 4 nitrogen and oxygen atoms in total. The Kier molecular flexibility index (Phi) is 7.02. The average molecular weight is 402 g/mol. The number of Topliss-reactive ketones (excluding diaryl/α,β-unsaturated/α-hetero) is 1. The third-order valence-electron chi connectivity index (χ3n) is 5.17. The van der Waals surface area contributed by atoms with Crippen molar-refractivity contribution in [3.63, 3.8) is 0 Å². The van der Waals surface area contributed by atoms with E-state index in [9.17, 15) is 14.7 Å². The summed E-state index contributed by atoms with van der Waals surface area (Å²) < 4.78 is 5.86. The van der Waals surface area contributed by atoms with Crippen LogP contribution in [-0.4, -0.2) is 16.9 Å². The van der Waals surface area contributed by atoms with E-state index in [1.165, 1.54) is 0 Å². The van der Waals surface area contributed by atoms with Crippen LogP contribution in [0, 0.1) is 12.8 Å². The SMILES string of the molecule is Cc1ccc(C(CC(C)C(=O)O)C(=O)c2cccc(OCc3ccccc3)c2)cc1. The number of carbonyl (C=O) groups is 2. The molecule has 0 saturated heterocycles. The maximum Gasteiger partial charge on any atom is 0.306 e. The third-order valence-corrected chi connectivity index (χ3v) is 5.17. The Morgan fingerprint density at radius 2 is 1.63 bits per heavy atom. The second-order valence-electron chi connectivity index (χ2n) is 7.60. The number of carboxylic acids is 1. The first-order valence-corrected chi connectivity index (χ1v) is 10.0. The summed E-state index contributed by atoms with van der Waals surface area (Å²) in [6.45, 7) is 4.03. The van der Waals surface area contributed by atoms with E-state index in [0.717, 1.165) is 16.7 Å². The van der Waals surface area contributed by atoms with Crippen LogP contribution in [0.1, 0.15) is 46.3 Å². The first-order valence-electron chi connectivity index (χ1n) is 10.0. The molecule has 0 amide bonds. The van der Waals surface area contributed by atoms with Crippen LogP contribution in [0.25, 0.3) is 0 Å². The number of hydrogen-bond donors (Lipinski definition) is 1. The summed E-state index contributed by atoms with van der Waals surface area (Å²) in [6, 6.07) is 24.6. The van der Waals surface area contributed by atoms with E-state index in [4.69, 9.17) is 4.74 Å². The Bertz CT molecular complexity index is 993. The molecule has 0 aliphatic carbocycles. The quantitative estimate of drug-likeness (QED) is 0.470.